The fourth-order valence-corrected chi connectivity index (χ4v) is 5.11. The van der Waals surface area contributed by atoms with Crippen LogP contribution in [0.25, 0.3) is 44.6 Å². The number of hydrogen-bond acceptors (Lipinski definition) is 6. The van der Waals surface area contributed by atoms with Crippen molar-refractivity contribution in [1.82, 2.24) is 35.4 Å². The zero-order valence-electron chi connectivity index (χ0n) is 21.1. The molecule has 0 amide bonds. The molecule has 5 aromatic rings. The maximum atomic E-state index is 14.6. The lowest BCUT2D eigenvalue weighted by Gasteiger charge is -2.22. The highest BCUT2D eigenvalue weighted by molar-refractivity contribution is 5.99. The second kappa shape index (κ2) is 9.91. The molecule has 4 aromatic heterocycles. The van der Waals surface area contributed by atoms with E-state index >= 15 is 0 Å². The maximum absolute atomic E-state index is 14.6. The molecule has 0 atom stereocenters. The van der Waals surface area contributed by atoms with Crippen LogP contribution >= 0.6 is 0 Å². The summed E-state index contributed by atoms with van der Waals surface area (Å²) in [5.74, 6) is 0.160. The molecule has 1 aromatic carbocycles. The standard InChI is InChI=1S/C28H31FN8/c1-37(2)12-11-31-20-14-18(13-19(29)15-20)26-21-16-25(33-23(21)7-10-32-26)28-27-24(35-36-28)4-3-22(34-27)17-5-8-30-9-6-17/h3-4,7,10,13-17,30-31,33H,5-6,8-9,11-12H2,1-2H3,(H,35,36). The number of hydrogen-bond donors (Lipinski definition) is 4. The van der Waals surface area contributed by atoms with Crippen LogP contribution < -0.4 is 10.6 Å². The number of likely N-dealkylation sites (N-methyl/N-ethyl adjacent to an activating group) is 1. The van der Waals surface area contributed by atoms with Gasteiger partial charge < -0.3 is 20.5 Å². The second-order valence-electron chi connectivity index (χ2n) is 9.99. The van der Waals surface area contributed by atoms with Gasteiger partial charge in [0.25, 0.3) is 0 Å². The van der Waals surface area contributed by atoms with Gasteiger partial charge in [0.2, 0.25) is 0 Å². The van der Waals surface area contributed by atoms with Gasteiger partial charge in [-0.2, -0.15) is 5.10 Å². The van der Waals surface area contributed by atoms with Crippen LogP contribution in [0, 0.1) is 5.82 Å². The van der Waals surface area contributed by atoms with Gasteiger partial charge in [0, 0.05) is 53.1 Å². The number of aromatic nitrogens is 5. The molecule has 4 N–H and O–H groups in total. The monoisotopic (exact) mass is 498 g/mol. The van der Waals surface area contributed by atoms with Crippen molar-refractivity contribution in [3.8, 4) is 22.6 Å². The van der Waals surface area contributed by atoms with Crippen molar-refractivity contribution in [3.63, 3.8) is 0 Å². The summed E-state index contributed by atoms with van der Waals surface area (Å²) in [5, 5.41) is 15.4. The van der Waals surface area contributed by atoms with Crippen molar-refractivity contribution in [2.24, 2.45) is 0 Å². The van der Waals surface area contributed by atoms with E-state index < -0.39 is 0 Å². The van der Waals surface area contributed by atoms with E-state index in [9.17, 15) is 4.39 Å². The smallest absolute Gasteiger partial charge is 0.135 e. The average Bonchev–Trinajstić information content (AvgIpc) is 3.52. The van der Waals surface area contributed by atoms with Gasteiger partial charge in [0.1, 0.15) is 17.0 Å². The number of anilines is 1. The van der Waals surface area contributed by atoms with E-state index in [1.165, 1.54) is 12.1 Å². The largest absolute Gasteiger partial charge is 0.384 e. The van der Waals surface area contributed by atoms with E-state index in [1.807, 2.05) is 32.3 Å². The minimum Gasteiger partial charge on any atom is -0.384 e. The Morgan fingerprint density at radius 1 is 1.03 bits per heavy atom. The Kier molecular flexibility index (Phi) is 6.31. The number of piperidine rings is 1. The average molecular weight is 499 g/mol. The molecular formula is C28H31FN8. The van der Waals surface area contributed by atoms with Crippen molar-refractivity contribution < 1.29 is 4.39 Å². The summed E-state index contributed by atoms with van der Waals surface area (Å²) >= 11 is 0. The van der Waals surface area contributed by atoms with E-state index in [4.69, 9.17) is 4.98 Å². The topological polar surface area (TPSA) is 97.5 Å². The lowest BCUT2D eigenvalue weighted by atomic mass is 9.94. The van der Waals surface area contributed by atoms with Crippen molar-refractivity contribution in [2.75, 3.05) is 45.6 Å². The molecule has 37 heavy (non-hydrogen) atoms. The maximum Gasteiger partial charge on any atom is 0.135 e. The van der Waals surface area contributed by atoms with Gasteiger partial charge in [0.05, 0.1) is 16.9 Å². The predicted molar refractivity (Wildman–Crippen MR) is 146 cm³/mol. The highest BCUT2D eigenvalue weighted by Gasteiger charge is 2.20. The van der Waals surface area contributed by atoms with Gasteiger partial charge in [-0.1, -0.05) is 0 Å². The molecule has 5 heterocycles. The van der Waals surface area contributed by atoms with Crippen molar-refractivity contribution in [1.29, 1.82) is 0 Å². The number of fused-ring (bicyclic) bond motifs is 2. The number of nitrogens with one attached hydrogen (secondary N) is 4. The Morgan fingerprint density at radius 3 is 2.73 bits per heavy atom. The first-order chi connectivity index (χ1) is 18.0. The highest BCUT2D eigenvalue weighted by Crippen LogP contribution is 2.34. The summed E-state index contributed by atoms with van der Waals surface area (Å²) in [5.41, 5.74) is 7.60. The van der Waals surface area contributed by atoms with Gasteiger partial charge in [-0.25, -0.2) is 9.37 Å². The molecule has 1 aliphatic heterocycles. The molecule has 8 nitrogen and oxygen atoms in total. The summed E-state index contributed by atoms with van der Waals surface area (Å²) in [7, 11) is 4.03. The second-order valence-corrected chi connectivity index (χ2v) is 9.99. The van der Waals surface area contributed by atoms with Crippen LogP contribution in [0.2, 0.25) is 0 Å². The molecule has 0 bridgehead atoms. The molecule has 9 heteroatoms. The van der Waals surface area contributed by atoms with Gasteiger partial charge in [-0.15, -0.1) is 0 Å². The van der Waals surface area contributed by atoms with Crippen LogP contribution in [0.5, 0.6) is 0 Å². The summed E-state index contributed by atoms with van der Waals surface area (Å²) in [6.07, 6.45) is 3.93. The van der Waals surface area contributed by atoms with E-state index in [0.29, 0.717) is 5.92 Å². The molecule has 6 rings (SSSR count). The summed E-state index contributed by atoms with van der Waals surface area (Å²) < 4.78 is 14.6. The van der Waals surface area contributed by atoms with E-state index in [-0.39, 0.29) is 5.82 Å². The van der Waals surface area contributed by atoms with Crippen LogP contribution in [0.15, 0.2) is 48.7 Å². The fraction of sp³-hybridized carbons (Fsp3) is 0.321. The van der Waals surface area contributed by atoms with Crippen LogP contribution in [-0.2, 0) is 0 Å². The zero-order valence-corrected chi connectivity index (χ0v) is 21.1. The Labute approximate surface area is 214 Å². The first-order valence-electron chi connectivity index (χ1n) is 12.8. The molecule has 0 saturated carbocycles. The van der Waals surface area contributed by atoms with Gasteiger partial charge in [0.15, 0.2) is 0 Å². The number of halogens is 1. The molecule has 0 unspecified atom stereocenters. The summed E-state index contributed by atoms with van der Waals surface area (Å²) in [4.78, 5) is 15.2. The lowest BCUT2D eigenvalue weighted by Crippen LogP contribution is -2.27. The zero-order chi connectivity index (χ0) is 25.4. The van der Waals surface area contributed by atoms with E-state index in [0.717, 1.165) is 95.0 Å². The first kappa shape index (κ1) is 23.6. The fourth-order valence-electron chi connectivity index (χ4n) is 5.11. The summed E-state index contributed by atoms with van der Waals surface area (Å²) in [6, 6.07) is 13.2. The van der Waals surface area contributed by atoms with Crippen LogP contribution in [0.3, 0.4) is 0 Å². The molecule has 0 radical (unpaired) electrons. The number of rotatable bonds is 7. The Balaban J connectivity index is 1.37. The predicted octanol–water partition coefficient (Wildman–Crippen LogP) is 4.75. The highest BCUT2D eigenvalue weighted by atomic mass is 19.1. The third-order valence-corrected chi connectivity index (χ3v) is 7.05. The Bertz CT molecular complexity index is 1550. The Hall–Kier alpha value is -3.82. The lowest BCUT2D eigenvalue weighted by molar-refractivity contribution is 0.425. The van der Waals surface area contributed by atoms with E-state index in [1.54, 1.807) is 6.20 Å². The molecule has 1 aliphatic rings. The minimum absolute atomic E-state index is 0.299. The molecule has 0 spiro atoms. The molecular weight excluding hydrogens is 467 g/mol. The minimum atomic E-state index is -0.299. The first-order valence-corrected chi connectivity index (χ1v) is 12.8. The van der Waals surface area contributed by atoms with E-state index in [2.05, 4.69) is 47.8 Å². The Morgan fingerprint density at radius 2 is 1.89 bits per heavy atom. The number of H-pyrrole nitrogens is 2. The van der Waals surface area contributed by atoms with Gasteiger partial charge in [-0.3, -0.25) is 10.1 Å². The normalized spacial score (nSPS) is 14.7. The summed E-state index contributed by atoms with van der Waals surface area (Å²) in [6.45, 7) is 3.62. The van der Waals surface area contributed by atoms with Crippen LogP contribution in [-0.4, -0.2) is 70.3 Å². The number of benzene rings is 1. The van der Waals surface area contributed by atoms with Gasteiger partial charge in [-0.05, 0) is 82.5 Å². The molecule has 1 fully saturated rings. The SMILES string of the molecule is CN(C)CCNc1cc(F)cc(-c2nccc3[nH]c(-c4n[nH]c5ccc(C6CCNCC6)nc45)cc23)c1. The quantitative estimate of drug-likeness (QED) is 0.259. The molecule has 1 saturated heterocycles. The third kappa shape index (κ3) is 4.80. The van der Waals surface area contributed by atoms with Crippen molar-refractivity contribution >= 4 is 27.6 Å². The van der Waals surface area contributed by atoms with Crippen LogP contribution in [0.1, 0.15) is 24.5 Å². The molecule has 0 aliphatic carbocycles. The van der Waals surface area contributed by atoms with Crippen molar-refractivity contribution in [3.05, 3.63) is 60.2 Å². The number of nitrogens with zero attached hydrogens (tertiary/aromatic N) is 4. The third-order valence-electron chi connectivity index (χ3n) is 7.05. The van der Waals surface area contributed by atoms with Crippen LogP contribution in [0.4, 0.5) is 10.1 Å². The van der Waals surface area contributed by atoms with Crippen molar-refractivity contribution in [2.45, 2.75) is 18.8 Å². The number of pyridine rings is 2. The van der Waals surface area contributed by atoms with Gasteiger partial charge >= 0.3 is 0 Å². The molecule has 190 valence electrons. The number of aromatic amines is 2.